The summed E-state index contributed by atoms with van der Waals surface area (Å²) in [6.07, 6.45) is 5.09. The van der Waals surface area contributed by atoms with Gasteiger partial charge in [-0.1, -0.05) is 17.5 Å². The predicted molar refractivity (Wildman–Crippen MR) is 81.3 cm³/mol. The Morgan fingerprint density at radius 1 is 1.45 bits per heavy atom. The molecular weight excluding hydrogens is 320 g/mol. The molecule has 0 atom stereocenters. The van der Waals surface area contributed by atoms with E-state index in [1.54, 1.807) is 0 Å². The highest BCUT2D eigenvalue weighted by Crippen LogP contribution is 2.18. The number of sulfonamides is 1. The van der Waals surface area contributed by atoms with Gasteiger partial charge in [0.15, 0.2) is 0 Å². The number of nitrogens with one attached hydrogen (secondary N) is 1. The number of thioether (sulfide) groups is 1. The standard InChI is InChI=1S/C12H13ClN2O3S2/c1-2-4-19-5-3-15-12(16)9-6-10(13)8-11(7-9)20(14,17)18/h1,6-8H,3-5H2,(H,15,16)(H2,14,17,18). The van der Waals surface area contributed by atoms with Crippen molar-refractivity contribution in [2.45, 2.75) is 4.90 Å². The van der Waals surface area contributed by atoms with Gasteiger partial charge in [0, 0.05) is 22.9 Å². The highest BCUT2D eigenvalue weighted by atomic mass is 35.5. The lowest BCUT2D eigenvalue weighted by Crippen LogP contribution is -2.26. The summed E-state index contributed by atoms with van der Waals surface area (Å²) in [4.78, 5) is 11.7. The Balaban J connectivity index is 2.74. The number of primary sulfonamides is 1. The molecule has 0 aliphatic carbocycles. The van der Waals surface area contributed by atoms with Gasteiger partial charge >= 0.3 is 0 Å². The molecule has 0 aliphatic rings. The number of amides is 1. The maximum atomic E-state index is 11.9. The van der Waals surface area contributed by atoms with Crippen LogP contribution in [0.3, 0.4) is 0 Å². The van der Waals surface area contributed by atoms with Crippen molar-refractivity contribution in [3.63, 3.8) is 0 Å². The van der Waals surface area contributed by atoms with Crippen LogP contribution in [0.1, 0.15) is 10.4 Å². The molecule has 1 aromatic rings. The molecule has 1 rings (SSSR count). The number of rotatable bonds is 6. The smallest absolute Gasteiger partial charge is 0.251 e. The van der Waals surface area contributed by atoms with E-state index in [0.29, 0.717) is 18.1 Å². The van der Waals surface area contributed by atoms with Crippen molar-refractivity contribution >= 4 is 39.3 Å². The minimum absolute atomic E-state index is 0.128. The first-order valence-corrected chi connectivity index (χ1v) is 8.55. The van der Waals surface area contributed by atoms with E-state index in [2.05, 4.69) is 11.2 Å². The molecule has 0 aromatic heterocycles. The SMILES string of the molecule is C#CCSCCNC(=O)c1cc(Cl)cc(S(N)(=O)=O)c1. The highest BCUT2D eigenvalue weighted by molar-refractivity contribution is 7.99. The summed E-state index contributed by atoms with van der Waals surface area (Å²) < 4.78 is 22.5. The van der Waals surface area contributed by atoms with Gasteiger partial charge in [0.1, 0.15) is 0 Å². The van der Waals surface area contributed by atoms with E-state index in [4.69, 9.17) is 23.2 Å². The van der Waals surface area contributed by atoms with Crippen LogP contribution in [0.5, 0.6) is 0 Å². The topological polar surface area (TPSA) is 89.3 Å². The maximum Gasteiger partial charge on any atom is 0.251 e. The second-order valence-electron chi connectivity index (χ2n) is 3.73. The Morgan fingerprint density at radius 2 is 2.15 bits per heavy atom. The summed E-state index contributed by atoms with van der Waals surface area (Å²) in [5, 5.41) is 7.78. The van der Waals surface area contributed by atoms with E-state index in [9.17, 15) is 13.2 Å². The number of halogens is 1. The van der Waals surface area contributed by atoms with Crippen LogP contribution in [0.2, 0.25) is 5.02 Å². The molecule has 3 N–H and O–H groups in total. The molecule has 20 heavy (non-hydrogen) atoms. The van der Waals surface area contributed by atoms with Crippen molar-refractivity contribution in [2.24, 2.45) is 5.14 Å². The second kappa shape index (κ2) is 7.55. The molecule has 5 nitrogen and oxygen atoms in total. The largest absolute Gasteiger partial charge is 0.351 e. The molecule has 0 unspecified atom stereocenters. The zero-order chi connectivity index (χ0) is 15.2. The monoisotopic (exact) mass is 332 g/mol. The number of benzene rings is 1. The quantitative estimate of drug-likeness (QED) is 0.602. The van der Waals surface area contributed by atoms with Gasteiger partial charge in [-0.3, -0.25) is 4.79 Å². The minimum atomic E-state index is -3.90. The van der Waals surface area contributed by atoms with Crippen LogP contribution in [0, 0.1) is 12.3 Å². The van der Waals surface area contributed by atoms with Crippen LogP contribution in [0.15, 0.2) is 23.1 Å². The van der Waals surface area contributed by atoms with Gasteiger partial charge in [0.2, 0.25) is 10.0 Å². The third-order valence-corrected chi connectivity index (χ3v) is 4.15. The average molecular weight is 333 g/mol. The van der Waals surface area contributed by atoms with Crippen LogP contribution in [0.4, 0.5) is 0 Å². The van der Waals surface area contributed by atoms with E-state index in [1.807, 2.05) is 0 Å². The zero-order valence-corrected chi connectivity index (χ0v) is 12.8. The molecule has 1 aromatic carbocycles. The van der Waals surface area contributed by atoms with E-state index < -0.39 is 15.9 Å². The molecular formula is C12H13ClN2O3S2. The molecule has 0 bridgehead atoms. The Morgan fingerprint density at radius 3 is 2.75 bits per heavy atom. The lowest BCUT2D eigenvalue weighted by atomic mass is 10.2. The van der Waals surface area contributed by atoms with Gasteiger partial charge in [0.05, 0.1) is 10.6 Å². The minimum Gasteiger partial charge on any atom is -0.351 e. The number of hydrogen-bond acceptors (Lipinski definition) is 4. The van der Waals surface area contributed by atoms with Crippen LogP contribution in [-0.4, -0.2) is 32.4 Å². The van der Waals surface area contributed by atoms with Crippen molar-refractivity contribution in [1.82, 2.24) is 5.32 Å². The van der Waals surface area contributed by atoms with E-state index >= 15 is 0 Å². The van der Waals surface area contributed by atoms with Gasteiger partial charge in [-0.2, -0.15) is 0 Å². The fraction of sp³-hybridized carbons (Fsp3) is 0.250. The fourth-order valence-electron chi connectivity index (χ4n) is 1.33. The molecule has 0 radical (unpaired) electrons. The molecule has 0 heterocycles. The van der Waals surface area contributed by atoms with Gasteiger partial charge < -0.3 is 5.32 Å². The molecule has 0 fully saturated rings. The molecule has 0 saturated carbocycles. The van der Waals surface area contributed by atoms with E-state index in [0.717, 1.165) is 0 Å². The van der Waals surface area contributed by atoms with E-state index in [1.165, 1.54) is 30.0 Å². The van der Waals surface area contributed by atoms with Gasteiger partial charge in [0.25, 0.3) is 5.91 Å². The molecule has 8 heteroatoms. The van der Waals surface area contributed by atoms with Gasteiger partial charge in [-0.15, -0.1) is 18.2 Å². The second-order valence-corrected chi connectivity index (χ2v) is 6.84. The van der Waals surface area contributed by atoms with Crippen molar-refractivity contribution in [3.05, 3.63) is 28.8 Å². The van der Waals surface area contributed by atoms with Crippen LogP contribution >= 0.6 is 23.4 Å². The van der Waals surface area contributed by atoms with Crippen molar-refractivity contribution in [2.75, 3.05) is 18.1 Å². The lowest BCUT2D eigenvalue weighted by molar-refractivity contribution is 0.0956. The van der Waals surface area contributed by atoms with Gasteiger partial charge in [-0.25, -0.2) is 13.6 Å². The van der Waals surface area contributed by atoms with Crippen molar-refractivity contribution < 1.29 is 13.2 Å². The molecule has 108 valence electrons. The lowest BCUT2D eigenvalue weighted by Gasteiger charge is -2.07. The number of hydrogen-bond donors (Lipinski definition) is 2. The number of carbonyl (C=O) groups excluding carboxylic acids is 1. The summed E-state index contributed by atoms with van der Waals surface area (Å²) in [5.41, 5.74) is 0.142. The number of carbonyl (C=O) groups is 1. The first-order chi connectivity index (χ1) is 9.34. The van der Waals surface area contributed by atoms with Crippen LogP contribution in [-0.2, 0) is 10.0 Å². The van der Waals surface area contributed by atoms with E-state index in [-0.39, 0.29) is 15.5 Å². The van der Waals surface area contributed by atoms with Crippen LogP contribution < -0.4 is 10.5 Å². The van der Waals surface area contributed by atoms with Gasteiger partial charge in [-0.05, 0) is 18.2 Å². The third kappa shape index (κ3) is 5.43. The van der Waals surface area contributed by atoms with Crippen molar-refractivity contribution in [1.29, 1.82) is 0 Å². The van der Waals surface area contributed by atoms with Crippen molar-refractivity contribution in [3.8, 4) is 12.3 Å². The molecule has 0 saturated heterocycles. The Bertz CT molecular complexity index is 639. The summed E-state index contributed by atoms with van der Waals surface area (Å²) in [5.74, 6) is 3.29. The Hall–Kier alpha value is -1.20. The molecule has 1 amide bonds. The number of terminal acetylenes is 1. The van der Waals surface area contributed by atoms with Crippen LogP contribution in [0.25, 0.3) is 0 Å². The molecule has 0 spiro atoms. The summed E-state index contributed by atoms with van der Waals surface area (Å²) in [7, 11) is -3.90. The number of nitrogens with two attached hydrogens (primary N) is 1. The first-order valence-electron chi connectivity index (χ1n) is 5.47. The summed E-state index contributed by atoms with van der Waals surface area (Å²) in [6, 6.07) is 3.75. The summed E-state index contributed by atoms with van der Waals surface area (Å²) in [6.45, 7) is 0.419. The Kier molecular flexibility index (Phi) is 6.36. The summed E-state index contributed by atoms with van der Waals surface area (Å²) >= 11 is 7.28. The highest BCUT2D eigenvalue weighted by Gasteiger charge is 2.13. The molecule has 0 aliphatic heterocycles. The average Bonchev–Trinajstić information content (AvgIpc) is 2.36. The fourth-order valence-corrected chi connectivity index (χ4v) is 2.72. The predicted octanol–water partition coefficient (Wildman–Crippen LogP) is 1.08. The Labute approximate surface area is 127 Å². The normalized spacial score (nSPS) is 10.8. The first kappa shape index (κ1) is 16.9. The zero-order valence-electron chi connectivity index (χ0n) is 10.4. The maximum absolute atomic E-state index is 11.9. The third-order valence-electron chi connectivity index (χ3n) is 2.18.